The van der Waals surface area contributed by atoms with E-state index in [-0.39, 0.29) is 6.61 Å². The van der Waals surface area contributed by atoms with Gasteiger partial charge < -0.3 is 14.7 Å². The third-order valence-electron chi connectivity index (χ3n) is 2.21. The van der Waals surface area contributed by atoms with Crippen molar-refractivity contribution in [2.24, 2.45) is 0 Å². The molecule has 0 aromatic heterocycles. The number of β-amino-alcohol motifs (C(OH)–C–C–N with tert-alkyl or cyclic N) is 1. The molecule has 70 valence electrons. The summed E-state index contributed by atoms with van der Waals surface area (Å²) in [6.45, 7) is 3.12. The number of ether oxygens (including phenoxy) is 1. The molecule has 1 saturated heterocycles. The number of hydrogen-bond donors (Lipinski definition) is 1. The molecular formula is C9H17NO2. The highest BCUT2D eigenvalue weighted by Gasteiger charge is 2.13. The molecule has 0 aromatic carbocycles. The van der Waals surface area contributed by atoms with Crippen molar-refractivity contribution in [3.8, 4) is 0 Å². The van der Waals surface area contributed by atoms with Gasteiger partial charge in [-0.2, -0.15) is 0 Å². The highest BCUT2D eigenvalue weighted by atomic mass is 16.5. The molecule has 3 nitrogen and oxygen atoms in total. The van der Waals surface area contributed by atoms with Crippen LogP contribution in [0, 0.1) is 7.11 Å². The van der Waals surface area contributed by atoms with Crippen molar-refractivity contribution in [1.82, 2.24) is 4.90 Å². The number of aliphatic hydroxyl groups is 1. The lowest BCUT2D eigenvalue weighted by atomic mass is 10.1. The molecule has 1 unspecified atom stereocenters. The number of nitrogens with zero attached hydrogens (tertiary/aromatic N) is 1. The normalized spacial score (nSPS) is 22.5. The quantitative estimate of drug-likeness (QED) is 0.669. The molecule has 0 spiro atoms. The Morgan fingerprint density at radius 2 is 2.00 bits per heavy atom. The molecule has 1 aliphatic rings. The second kappa shape index (κ2) is 5.51. The van der Waals surface area contributed by atoms with Crippen molar-refractivity contribution in [3.63, 3.8) is 0 Å². The molecule has 0 bridgehead atoms. The van der Waals surface area contributed by atoms with Gasteiger partial charge >= 0.3 is 0 Å². The Kier molecular flexibility index (Phi) is 4.58. The number of piperidine rings is 1. The summed E-state index contributed by atoms with van der Waals surface area (Å²) in [6.07, 6.45) is 3.37. The van der Waals surface area contributed by atoms with Gasteiger partial charge in [0.05, 0.1) is 12.7 Å². The van der Waals surface area contributed by atoms with Gasteiger partial charge in [0, 0.05) is 6.54 Å². The van der Waals surface area contributed by atoms with E-state index in [0.717, 1.165) is 13.1 Å². The van der Waals surface area contributed by atoms with Gasteiger partial charge in [-0.15, -0.1) is 0 Å². The molecule has 2 radical (unpaired) electrons. The maximum absolute atomic E-state index is 9.35. The van der Waals surface area contributed by atoms with Gasteiger partial charge in [0.1, 0.15) is 7.11 Å². The highest BCUT2D eigenvalue weighted by molar-refractivity contribution is 4.68. The molecule has 1 atom stereocenters. The maximum Gasteiger partial charge on any atom is 0.115 e. The van der Waals surface area contributed by atoms with E-state index in [1.165, 1.54) is 19.3 Å². The molecule has 0 amide bonds. The smallest absolute Gasteiger partial charge is 0.115 e. The van der Waals surface area contributed by atoms with Crippen molar-refractivity contribution in [2.45, 2.75) is 25.4 Å². The summed E-state index contributed by atoms with van der Waals surface area (Å²) in [4.78, 5) is 2.26. The van der Waals surface area contributed by atoms with E-state index >= 15 is 0 Å². The summed E-state index contributed by atoms with van der Waals surface area (Å²) in [5.41, 5.74) is 0. The van der Waals surface area contributed by atoms with Crippen molar-refractivity contribution in [1.29, 1.82) is 0 Å². The molecule has 0 aliphatic carbocycles. The van der Waals surface area contributed by atoms with E-state index in [1.807, 2.05) is 0 Å². The van der Waals surface area contributed by atoms with Gasteiger partial charge in [-0.1, -0.05) is 6.42 Å². The lowest BCUT2D eigenvalue weighted by Crippen LogP contribution is -2.37. The standard InChI is InChI=1S/C9H17NO2/c1-12-8-9(11)7-10-5-3-2-4-6-10/h1,9,11H,2-8H2. The van der Waals surface area contributed by atoms with Crippen LogP contribution in [0.3, 0.4) is 0 Å². The monoisotopic (exact) mass is 171 g/mol. The SMILES string of the molecule is [CH]OCC(O)CN1CCCCC1. The van der Waals surface area contributed by atoms with Crippen LogP contribution in [0.4, 0.5) is 0 Å². The van der Waals surface area contributed by atoms with E-state index in [0.29, 0.717) is 6.54 Å². The van der Waals surface area contributed by atoms with Crippen LogP contribution in [0.25, 0.3) is 0 Å². The van der Waals surface area contributed by atoms with Crippen molar-refractivity contribution in [3.05, 3.63) is 7.11 Å². The Bertz CT molecular complexity index is 113. The van der Waals surface area contributed by atoms with E-state index in [2.05, 4.69) is 9.64 Å². The van der Waals surface area contributed by atoms with E-state index < -0.39 is 6.10 Å². The van der Waals surface area contributed by atoms with Crippen LogP contribution in [0.5, 0.6) is 0 Å². The largest absolute Gasteiger partial charge is 0.389 e. The second-order valence-corrected chi connectivity index (χ2v) is 3.35. The summed E-state index contributed by atoms with van der Waals surface area (Å²) in [6, 6.07) is 0. The fourth-order valence-corrected chi connectivity index (χ4v) is 1.60. The first-order chi connectivity index (χ1) is 5.83. The molecule has 3 heteroatoms. The summed E-state index contributed by atoms with van der Waals surface area (Å²) >= 11 is 0. The topological polar surface area (TPSA) is 32.7 Å². The summed E-state index contributed by atoms with van der Waals surface area (Å²) < 4.78 is 4.37. The molecule has 12 heavy (non-hydrogen) atoms. The zero-order valence-corrected chi connectivity index (χ0v) is 7.41. The van der Waals surface area contributed by atoms with Crippen LogP contribution in [0.2, 0.25) is 0 Å². The average molecular weight is 171 g/mol. The van der Waals surface area contributed by atoms with Crippen LogP contribution in [0.1, 0.15) is 19.3 Å². The molecule has 1 N–H and O–H groups in total. The fraction of sp³-hybridized carbons (Fsp3) is 0.889. The Hall–Kier alpha value is -0.120. The van der Waals surface area contributed by atoms with Gasteiger partial charge in [0.2, 0.25) is 0 Å². The molecular weight excluding hydrogens is 154 g/mol. The molecule has 1 rings (SSSR count). The molecule has 0 saturated carbocycles. The number of likely N-dealkylation sites (tertiary alicyclic amines) is 1. The van der Waals surface area contributed by atoms with E-state index in [4.69, 9.17) is 7.11 Å². The third-order valence-corrected chi connectivity index (χ3v) is 2.21. The van der Waals surface area contributed by atoms with E-state index in [9.17, 15) is 5.11 Å². The van der Waals surface area contributed by atoms with Gasteiger partial charge in [-0.3, -0.25) is 0 Å². The summed E-state index contributed by atoms with van der Waals surface area (Å²) in [5, 5.41) is 9.35. The first-order valence-corrected chi connectivity index (χ1v) is 4.55. The first kappa shape index (κ1) is 9.96. The minimum absolute atomic E-state index is 0.233. The van der Waals surface area contributed by atoms with Crippen LogP contribution >= 0.6 is 0 Å². The van der Waals surface area contributed by atoms with Gasteiger partial charge in [-0.25, -0.2) is 0 Å². The van der Waals surface area contributed by atoms with E-state index in [1.54, 1.807) is 0 Å². The van der Waals surface area contributed by atoms with Crippen molar-refractivity contribution in [2.75, 3.05) is 26.2 Å². The van der Waals surface area contributed by atoms with Gasteiger partial charge in [-0.05, 0) is 25.9 Å². The van der Waals surface area contributed by atoms with Crippen LogP contribution in [0.15, 0.2) is 0 Å². The zero-order chi connectivity index (χ0) is 8.81. The highest BCUT2D eigenvalue weighted by Crippen LogP contribution is 2.08. The minimum Gasteiger partial charge on any atom is -0.389 e. The summed E-state index contributed by atoms with van der Waals surface area (Å²) in [7, 11) is 4.86. The van der Waals surface area contributed by atoms with Crippen LogP contribution in [-0.4, -0.2) is 42.4 Å². The lowest BCUT2D eigenvalue weighted by Gasteiger charge is -2.28. The first-order valence-electron chi connectivity index (χ1n) is 4.55. The predicted octanol–water partition coefficient (Wildman–Crippen LogP) is 0.518. The Morgan fingerprint density at radius 3 is 2.58 bits per heavy atom. The number of rotatable bonds is 4. The second-order valence-electron chi connectivity index (χ2n) is 3.35. The van der Waals surface area contributed by atoms with Gasteiger partial charge in [0.25, 0.3) is 0 Å². The minimum atomic E-state index is -0.437. The average Bonchev–Trinajstić information content (AvgIpc) is 2.06. The lowest BCUT2D eigenvalue weighted by molar-refractivity contribution is 0.0448. The molecule has 1 aliphatic heterocycles. The van der Waals surface area contributed by atoms with Crippen molar-refractivity contribution >= 4 is 0 Å². The third kappa shape index (κ3) is 3.52. The number of aliphatic hydroxyl groups excluding tert-OH is 1. The predicted molar refractivity (Wildman–Crippen MR) is 46.5 cm³/mol. The maximum atomic E-state index is 9.35. The van der Waals surface area contributed by atoms with Gasteiger partial charge in [0.15, 0.2) is 0 Å². The summed E-state index contributed by atoms with van der Waals surface area (Å²) in [5.74, 6) is 0. The number of hydrogen-bond acceptors (Lipinski definition) is 3. The zero-order valence-electron chi connectivity index (χ0n) is 7.41. The van der Waals surface area contributed by atoms with Crippen LogP contribution in [-0.2, 0) is 4.74 Å². The Balaban J connectivity index is 2.11. The Morgan fingerprint density at radius 1 is 1.33 bits per heavy atom. The van der Waals surface area contributed by atoms with Crippen molar-refractivity contribution < 1.29 is 9.84 Å². The van der Waals surface area contributed by atoms with Crippen LogP contribution < -0.4 is 0 Å². The fourth-order valence-electron chi connectivity index (χ4n) is 1.60. The Labute approximate surface area is 74.3 Å². The molecule has 1 heterocycles. The molecule has 1 fully saturated rings. The molecule has 0 aromatic rings.